The first-order valence-corrected chi connectivity index (χ1v) is 4.43. The molecule has 0 aliphatic rings. The van der Waals surface area contributed by atoms with Crippen molar-refractivity contribution in [2.75, 3.05) is 0 Å². The lowest BCUT2D eigenvalue weighted by atomic mass is 9.78. The van der Waals surface area contributed by atoms with E-state index in [0.717, 1.165) is 0 Å². The van der Waals surface area contributed by atoms with E-state index in [4.69, 9.17) is 10.2 Å². The van der Waals surface area contributed by atoms with Crippen LogP contribution in [0.1, 0.15) is 39.5 Å². The Morgan fingerprint density at radius 3 is 1.67 bits per heavy atom. The first-order valence-electron chi connectivity index (χ1n) is 4.43. The lowest BCUT2D eigenvalue weighted by molar-refractivity contribution is -0.150. The van der Waals surface area contributed by atoms with Crippen LogP contribution in [-0.4, -0.2) is 22.2 Å². The van der Waals surface area contributed by atoms with Gasteiger partial charge in [-0.2, -0.15) is 0 Å². The molecule has 15 heavy (non-hydrogen) atoms. The zero-order valence-electron chi connectivity index (χ0n) is 8.86. The number of carbonyl (C=O) groups is 2. The Hall–Kier alpha value is -0.480. The van der Waals surface area contributed by atoms with Gasteiger partial charge in [-0.1, -0.05) is 13.8 Å². The molecule has 6 heteroatoms. The molecule has 0 bridgehead atoms. The number of aliphatic carboxylic acids is 2. The Kier molecular flexibility index (Phi) is 11.7. The molecule has 0 rings (SSSR count). The highest BCUT2D eigenvalue weighted by Gasteiger charge is 2.34. The van der Waals surface area contributed by atoms with E-state index in [2.05, 4.69) is 0 Å². The Balaban J connectivity index is -0.000000720. The molecule has 4 nitrogen and oxygen atoms in total. The summed E-state index contributed by atoms with van der Waals surface area (Å²) in [6, 6.07) is 0. The first-order chi connectivity index (χ1) is 5.98. The van der Waals surface area contributed by atoms with Gasteiger partial charge in [0.15, 0.2) is 0 Å². The molecule has 0 aliphatic carbocycles. The highest BCUT2D eigenvalue weighted by atomic mass is 35.5. The molecule has 0 radical (unpaired) electrons. The summed E-state index contributed by atoms with van der Waals surface area (Å²) in [5.41, 5.74) is -0.849. The molecular weight excluding hydrogens is 243 g/mol. The lowest BCUT2D eigenvalue weighted by Crippen LogP contribution is -2.30. The first kappa shape index (κ1) is 20.0. The highest BCUT2D eigenvalue weighted by Crippen LogP contribution is 2.32. The van der Waals surface area contributed by atoms with Crippen LogP contribution in [0, 0.1) is 5.41 Å². The molecule has 0 aromatic carbocycles. The van der Waals surface area contributed by atoms with E-state index in [0.29, 0.717) is 12.8 Å². The van der Waals surface area contributed by atoms with Crippen molar-refractivity contribution in [3.05, 3.63) is 0 Å². The Morgan fingerprint density at radius 1 is 1.07 bits per heavy atom. The van der Waals surface area contributed by atoms with Crippen LogP contribution in [0.15, 0.2) is 0 Å². The molecular formula is C9H18Cl2O4. The summed E-state index contributed by atoms with van der Waals surface area (Å²) in [7, 11) is 0. The molecule has 92 valence electrons. The summed E-state index contributed by atoms with van der Waals surface area (Å²) < 4.78 is 0. The zero-order chi connectivity index (χ0) is 10.5. The maximum atomic E-state index is 10.9. The predicted octanol–water partition coefficient (Wildman–Crippen LogP) is 2.59. The fourth-order valence-electron chi connectivity index (χ4n) is 1.36. The normalized spacial score (nSPS) is 9.73. The molecule has 0 amide bonds. The second-order valence-corrected chi connectivity index (χ2v) is 3.19. The fraction of sp³-hybridized carbons (Fsp3) is 0.778. The SMILES string of the molecule is CCC(CC)(CCC(=O)O)C(=O)O.Cl.Cl. The Morgan fingerprint density at radius 2 is 1.47 bits per heavy atom. The molecule has 0 saturated heterocycles. The Bertz CT molecular complexity index is 202. The number of halogens is 2. The van der Waals surface area contributed by atoms with Crippen molar-refractivity contribution < 1.29 is 19.8 Å². The van der Waals surface area contributed by atoms with E-state index in [1.54, 1.807) is 13.8 Å². The highest BCUT2D eigenvalue weighted by molar-refractivity contribution is 5.85. The minimum Gasteiger partial charge on any atom is -0.481 e. The zero-order valence-corrected chi connectivity index (χ0v) is 10.5. The van der Waals surface area contributed by atoms with Gasteiger partial charge in [0.05, 0.1) is 5.41 Å². The van der Waals surface area contributed by atoms with Gasteiger partial charge in [0.1, 0.15) is 0 Å². The lowest BCUT2D eigenvalue weighted by Gasteiger charge is -2.25. The molecule has 2 N–H and O–H groups in total. The van der Waals surface area contributed by atoms with Gasteiger partial charge in [-0.25, -0.2) is 0 Å². The predicted molar refractivity (Wildman–Crippen MR) is 62.0 cm³/mol. The third-order valence-corrected chi connectivity index (χ3v) is 2.62. The average Bonchev–Trinajstić information content (AvgIpc) is 2.06. The molecule has 0 unspecified atom stereocenters. The summed E-state index contributed by atoms with van der Waals surface area (Å²) >= 11 is 0. The van der Waals surface area contributed by atoms with E-state index in [1.165, 1.54) is 0 Å². The van der Waals surface area contributed by atoms with Gasteiger partial charge in [0.25, 0.3) is 0 Å². The number of hydrogen-bond donors (Lipinski definition) is 2. The molecule has 0 spiro atoms. The summed E-state index contributed by atoms with van der Waals surface area (Å²) in [4.78, 5) is 21.2. The van der Waals surface area contributed by atoms with Gasteiger partial charge in [0, 0.05) is 6.42 Å². The summed E-state index contributed by atoms with van der Waals surface area (Å²) in [5.74, 6) is -1.83. The van der Waals surface area contributed by atoms with Crippen LogP contribution in [0.25, 0.3) is 0 Å². The molecule has 0 aromatic heterocycles. The van der Waals surface area contributed by atoms with Crippen LogP contribution < -0.4 is 0 Å². The summed E-state index contributed by atoms with van der Waals surface area (Å²) in [6.45, 7) is 3.55. The van der Waals surface area contributed by atoms with Crippen LogP contribution in [0.5, 0.6) is 0 Å². The van der Waals surface area contributed by atoms with Crippen LogP contribution in [0.3, 0.4) is 0 Å². The molecule has 0 saturated carbocycles. The Labute approximate surface area is 102 Å². The largest absolute Gasteiger partial charge is 0.481 e. The van der Waals surface area contributed by atoms with Gasteiger partial charge in [-0.15, -0.1) is 24.8 Å². The van der Waals surface area contributed by atoms with E-state index < -0.39 is 17.4 Å². The van der Waals surface area contributed by atoms with E-state index >= 15 is 0 Å². The second kappa shape index (κ2) is 8.80. The molecule has 0 aromatic rings. The van der Waals surface area contributed by atoms with Gasteiger partial charge < -0.3 is 10.2 Å². The van der Waals surface area contributed by atoms with Crippen molar-refractivity contribution in [1.29, 1.82) is 0 Å². The van der Waals surface area contributed by atoms with Crippen LogP contribution in [0.4, 0.5) is 0 Å². The fourth-order valence-corrected chi connectivity index (χ4v) is 1.36. The second-order valence-electron chi connectivity index (χ2n) is 3.19. The number of carboxylic acid groups (broad SMARTS) is 2. The minimum absolute atomic E-state index is 0. The van der Waals surface area contributed by atoms with Crippen molar-refractivity contribution in [2.24, 2.45) is 5.41 Å². The monoisotopic (exact) mass is 260 g/mol. The quantitative estimate of drug-likeness (QED) is 0.770. The van der Waals surface area contributed by atoms with E-state index in [9.17, 15) is 9.59 Å². The average molecular weight is 261 g/mol. The van der Waals surface area contributed by atoms with E-state index in [1.807, 2.05) is 0 Å². The maximum Gasteiger partial charge on any atom is 0.309 e. The molecule has 0 heterocycles. The van der Waals surface area contributed by atoms with Crippen molar-refractivity contribution in [3.63, 3.8) is 0 Å². The number of carboxylic acids is 2. The van der Waals surface area contributed by atoms with E-state index in [-0.39, 0.29) is 37.7 Å². The molecule has 0 fully saturated rings. The van der Waals surface area contributed by atoms with Crippen molar-refractivity contribution in [1.82, 2.24) is 0 Å². The van der Waals surface area contributed by atoms with Crippen molar-refractivity contribution >= 4 is 36.8 Å². The van der Waals surface area contributed by atoms with Crippen LogP contribution in [-0.2, 0) is 9.59 Å². The van der Waals surface area contributed by atoms with Crippen molar-refractivity contribution in [3.8, 4) is 0 Å². The smallest absolute Gasteiger partial charge is 0.309 e. The molecule has 0 aliphatic heterocycles. The number of hydrogen-bond acceptors (Lipinski definition) is 2. The third-order valence-electron chi connectivity index (χ3n) is 2.62. The van der Waals surface area contributed by atoms with Gasteiger partial charge in [0.2, 0.25) is 0 Å². The minimum atomic E-state index is -0.937. The van der Waals surface area contributed by atoms with Crippen molar-refractivity contribution in [2.45, 2.75) is 39.5 Å². The summed E-state index contributed by atoms with van der Waals surface area (Å²) in [6.07, 6.45) is 1.09. The van der Waals surface area contributed by atoms with Gasteiger partial charge in [-0.05, 0) is 19.3 Å². The topological polar surface area (TPSA) is 74.6 Å². The van der Waals surface area contributed by atoms with Crippen LogP contribution in [0.2, 0.25) is 0 Å². The summed E-state index contributed by atoms with van der Waals surface area (Å²) in [5, 5.41) is 17.4. The van der Waals surface area contributed by atoms with Gasteiger partial charge >= 0.3 is 11.9 Å². The number of rotatable bonds is 6. The van der Waals surface area contributed by atoms with Gasteiger partial charge in [-0.3, -0.25) is 9.59 Å². The van der Waals surface area contributed by atoms with Crippen LogP contribution >= 0.6 is 24.8 Å². The standard InChI is InChI=1S/C9H16O4.2ClH/c1-3-9(4-2,8(12)13)6-5-7(10)11;;/h3-6H2,1-2H3,(H,10,11)(H,12,13);2*1H. The molecule has 0 atom stereocenters. The third kappa shape index (κ3) is 5.85. The maximum absolute atomic E-state index is 10.9.